The third-order valence-corrected chi connectivity index (χ3v) is 10.7. The Kier molecular flexibility index (Phi) is 24.2. The molecule has 0 radical (unpaired) electrons. The highest BCUT2D eigenvalue weighted by atomic mass is 35.5. The molecule has 2 atom stereocenters. The standard InChI is InChI=1S/C15H22ClNO2.C14H7ClF3NO5.C11H11Cl2NO2.C3H8NO5P/c1-5-13-8-6-7-11(2)15(13)17(14(18)9-16)12(3)10-19-4;15-10-5-7(14(16,17)18)1-4-12(10)24-8-2-3-11(19(22)23)9(6-8)13(20)21;1-7-6-16-9-5-3-2-4-8(9)14(7)11(15)10(12)13;5-3(6)1-4-2-10(7,8)9/h6-8,12H,5,9-10H2,1-4H3;1-6H,(H,20,21);2-5,7,10H,6H2,1H3;4H,1-2H2,(H,5,6)(H2,7,8,9). The summed E-state index contributed by atoms with van der Waals surface area (Å²) in [5.41, 5.74) is 1.68. The third-order valence-electron chi connectivity index (χ3n) is 9.12. The zero-order chi connectivity index (χ0) is 52.4. The summed E-state index contributed by atoms with van der Waals surface area (Å²) in [6.07, 6.45) is -4.30. The number of halogens is 7. The number of hydrogen-bond donors (Lipinski definition) is 5. The molecule has 0 spiro atoms. The van der Waals surface area contributed by atoms with Crippen LogP contribution in [0.15, 0.2) is 78.9 Å². The molecular weight excluding hydrogens is 1030 g/mol. The average molecular weight is 1070 g/mol. The molecule has 1 heterocycles. The van der Waals surface area contributed by atoms with Gasteiger partial charge >= 0.3 is 25.7 Å². The quantitative estimate of drug-likeness (QED) is 0.0322. The summed E-state index contributed by atoms with van der Waals surface area (Å²) in [7, 11) is -2.46. The van der Waals surface area contributed by atoms with Crippen molar-refractivity contribution in [2.75, 3.05) is 48.8 Å². The van der Waals surface area contributed by atoms with Crippen molar-refractivity contribution in [3.8, 4) is 17.2 Å². The van der Waals surface area contributed by atoms with Gasteiger partial charge in [-0.05, 0) is 74.7 Å². The number of carboxylic acids is 2. The molecule has 5 rings (SSSR count). The highest BCUT2D eigenvalue weighted by Crippen LogP contribution is 2.38. The number of rotatable bonds is 15. The fourth-order valence-corrected chi connectivity index (χ4v) is 7.13. The Hall–Kier alpha value is -5.22. The minimum atomic E-state index is -4.58. The van der Waals surface area contributed by atoms with Crippen molar-refractivity contribution in [1.82, 2.24) is 5.32 Å². The molecule has 26 heteroatoms. The molecule has 0 bridgehead atoms. The molecule has 1 aliphatic rings. The summed E-state index contributed by atoms with van der Waals surface area (Å²) >= 11 is 22.7. The number of aliphatic carboxylic acids is 1. The third kappa shape index (κ3) is 18.9. The van der Waals surface area contributed by atoms with Crippen LogP contribution in [0.2, 0.25) is 5.02 Å². The second kappa shape index (κ2) is 27.8. The topological polar surface area (TPSA) is 256 Å². The number of nitro groups is 1. The maximum absolute atomic E-state index is 12.6. The lowest BCUT2D eigenvalue weighted by molar-refractivity contribution is -0.385. The molecule has 378 valence electrons. The van der Waals surface area contributed by atoms with Crippen LogP contribution in [0.25, 0.3) is 0 Å². The van der Waals surface area contributed by atoms with Gasteiger partial charge in [-0.2, -0.15) is 13.2 Å². The van der Waals surface area contributed by atoms with E-state index in [9.17, 15) is 47.0 Å². The number of methoxy groups -OCH3 is 1. The van der Waals surface area contributed by atoms with E-state index in [1.807, 2.05) is 57.2 Å². The maximum Gasteiger partial charge on any atom is 0.416 e. The van der Waals surface area contributed by atoms with Gasteiger partial charge in [0.25, 0.3) is 11.6 Å². The van der Waals surface area contributed by atoms with E-state index in [-0.39, 0.29) is 46.3 Å². The molecule has 2 unspecified atom stereocenters. The van der Waals surface area contributed by atoms with E-state index in [1.54, 1.807) is 16.9 Å². The summed E-state index contributed by atoms with van der Waals surface area (Å²) in [6.45, 7) is 8.46. The lowest BCUT2D eigenvalue weighted by atomic mass is 10.0. The molecule has 0 saturated carbocycles. The number of alkyl halides is 6. The SMILES string of the molecule is CC1COc2ccccc2N1C(=O)C(Cl)Cl.CCc1cccc(C)c1N(C(=O)CCl)C(C)COC.O=C(O)CNCP(=O)(O)O.O=C(O)c1cc(Oc2ccc(C(F)(F)F)cc2Cl)ccc1[N+](=O)[O-]. The van der Waals surface area contributed by atoms with Gasteiger partial charge in [0.05, 0.1) is 58.4 Å². The van der Waals surface area contributed by atoms with E-state index in [0.717, 1.165) is 59.3 Å². The molecular formula is C43H48Cl4F3N4O14P. The Labute approximate surface area is 414 Å². The highest BCUT2D eigenvalue weighted by Gasteiger charge is 2.33. The first kappa shape index (κ1) is 59.9. The average Bonchev–Trinajstić information content (AvgIpc) is 3.27. The minimum Gasteiger partial charge on any atom is -0.489 e. The molecule has 69 heavy (non-hydrogen) atoms. The first-order valence-corrected chi connectivity index (χ1v) is 23.6. The predicted molar refractivity (Wildman–Crippen MR) is 254 cm³/mol. The molecule has 1 aliphatic heterocycles. The van der Waals surface area contributed by atoms with Crippen LogP contribution in [0.1, 0.15) is 47.8 Å². The minimum absolute atomic E-state index is 0.0223. The number of aromatic carboxylic acids is 1. The van der Waals surface area contributed by atoms with E-state index in [1.165, 1.54) is 0 Å². The van der Waals surface area contributed by atoms with Gasteiger partial charge in [-0.1, -0.05) is 72.1 Å². The summed E-state index contributed by atoms with van der Waals surface area (Å²) in [5, 5.41) is 29.4. The summed E-state index contributed by atoms with van der Waals surface area (Å²) in [6, 6.07) is 18.6. The van der Waals surface area contributed by atoms with E-state index in [2.05, 4.69) is 18.3 Å². The number of carbonyl (C=O) groups excluding carboxylic acids is 2. The first-order valence-electron chi connectivity index (χ1n) is 20.0. The van der Waals surface area contributed by atoms with Crippen molar-refractivity contribution in [2.45, 2.75) is 57.2 Å². The second-order valence-electron chi connectivity index (χ2n) is 14.4. The number of carboxylic acid groups (broad SMARTS) is 2. The van der Waals surface area contributed by atoms with E-state index >= 15 is 0 Å². The number of ether oxygens (including phenoxy) is 3. The summed E-state index contributed by atoms with van der Waals surface area (Å²) < 4.78 is 63.6. The molecule has 18 nitrogen and oxygen atoms in total. The number of carbonyl (C=O) groups is 4. The lowest BCUT2D eigenvalue weighted by Crippen LogP contribution is -2.47. The Morgan fingerprint density at radius 3 is 2.22 bits per heavy atom. The Balaban J connectivity index is 0.000000329. The molecule has 0 fully saturated rings. The van der Waals surface area contributed by atoms with Crippen LogP contribution in [-0.4, -0.2) is 105 Å². The van der Waals surface area contributed by atoms with Gasteiger partial charge in [-0.25, -0.2) is 4.79 Å². The lowest BCUT2D eigenvalue weighted by Gasteiger charge is -2.35. The van der Waals surface area contributed by atoms with Gasteiger partial charge in [0.1, 0.15) is 35.3 Å². The van der Waals surface area contributed by atoms with Crippen LogP contribution in [0.5, 0.6) is 17.2 Å². The van der Waals surface area contributed by atoms with Crippen molar-refractivity contribution < 1.29 is 76.0 Å². The van der Waals surface area contributed by atoms with Crippen molar-refractivity contribution in [2.24, 2.45) is 0 Å². The summed E-state index contributed by atoms with van der Waals surface area (Å²) in [4.78, 5) is 73.4. The zero-order valence-corrected chi connectivity index (χ0v) is 41.2. The van der Waals surface area contributed by atoms with Gasteiger partial charge in [-0.15, -0.1) is 11.6 Å². The Morgan fingerprint density at radius 2 is 1.70 bits per heavy atom. The predicted octanol–water partition coefficient (Wildman–Crippen LogP) is 9.32. The van der Waals surface area contributed by atoms with Crippen LogP contribution >= 0.6 is 54.0 Å². The Morgan fingerprint density at radius 1 is 1.04 bits per heavy atom. The van der Waals surface area contributed by atoms with Gasteiger partial charge in [0, 0.05) is 19.2 Å². The van der Waals surface area contributed by atoms with E-state index in [4.69, 9.17) is 80.6 Å². The molecule has 4 aromatic rings. The van der Waals surface area contributed by atoms with Crippen molar-refractivity contribution >= 4 is 94.8 Å². The molecule has 4 aromatic carbocycles. The molecule has 0 aliphatic carbocycles. The van der Waals surface area contributed by atoms with E-state index in [0.29, 0.717) is 25.0 Å². The molecule has 0 aromatic heterocycles. The van der Waals surface area contributed by atoms with Crippen LogP contribution < -0.4 is 24.6 Å². The second-order valence-corrected chi connectivity index (χ2v) is 17.8. The number of para-hydroxylation sites is 3. The normalized spacial score (nSPS) is 13.4. The van der Waals surface area contributed by atoms with Crippen molar-refractivity contribution in [3.63, 3.8) is 0 Å². The monoisotopic (exact) mass is 1070 g/mol. The van der Waals surface area contributed by atoms with Crippen LogP contribution in [0.3, 0.4) is 0 Å². The number of benzene rings is 4. The number of hydrogen-bond acceptors (Lipinski definition) is 11. The maximum atomic E-state index is 12.6. The van der Waals surface area contributed by atoms with Crippen molar-refractivity contribution in [1.29, 1.82) is 0 Å². The molecule has 0 saturated heterocycles. The summed E-state index contributed by atoms with van der Waals surface area (Å²) in [5.74, 6) is -2.72. The largest absolute Gasteiger partial charge is 0.489 e. The Bertz CT molecular complexity index is 2470. The van der Waals surface area contributed by atoms with Crippen LogP contribution in [0.4, 0.5) is 30.2 Å². The van der Waals surface area contributed by atoms with Crippen LogP contribution in [-0.2, 0) is 36.3 Å². The number of anilines is 2. The van der Waals surface area contributed by atoms with Crippen LogP contribution in [0, 0.1) is 17.0 Å². The zero-order valence-electron chi connectivity index (χ0n) is 37.3. The smallest absolute Gasteiger partial charge is 0.416 e. The number of aryl methyl sites for hydroxylation is 2. The molecule has 5 N–H and O–H groups in total. The fourth-order valence-electron chi connectivity index (χ4n) is 6.17. The van der Waals surface area contributed by atoms with Crippen molar-refractivity contribution in [3.05, 3.63) is 116 Å². The van der Waals surface area contributed by atoms with E-state index < -0.39 is 65.1 Å². The van der Waals surface area contributed by atoms with Gasteiger partial charge < -0.3 is 44.0 Å². The number of nitrogens with one attached hydrogen (secondary N) is 1. The number of nitro benzene ring substituents is 1. The van der Waals surface area contributed by atoms with Gasteiger partial charge in [0.2, 0.25) is 5.91 Å². The van der Waals surface area contributed by atoms with Gasteiger partial charge in [-0.3, -0.25) is 34.4 Å². The highest BCUT2D eigenvalue weighted by molar-refractivity contribution is 7.51. The first-order chi connectivity index (χ1) is 32.2. The van der Waals surface area contributed by atoms with Gasteiger partial charge in [0.15, 0.2) is 4.84 Å². The molecule has 2 amide bonds. The number of fused-ring (bicyclic) bond motifs is 1. The number of amides is 2. The fraction of sp³-hybridized carbons (Fsp3) is 0.349. The number of nitrogens with zero attached hydrogens (tertiary/aromatic N) is 3.